The van der Waals surface area contributed by atoms with Gasteiger partial charge in [-0.1, -0.05) is 19.9 Å². The molecule has 0 atom stereocenters. The smallest absolute Gasteiger partial charge is 0.271 e. The monoisotopic (exact) mass is 407 g/mol. The van der Waals surface area contributed by atoms with Gasteiger partial charge in [0, 0.05) is 6.07 Å². The number of hydrogen-bond acceptors (Lipinski definition) is 6. The lowest BCUT2D eigenvalue weighted by atomic mass is 10.2. The molecule has 0 aliphatic heterocycles. The van der Waals surface area contributed by atoms with E-state index in [1.807, 2.05) is 25.5 Å². The standard InChI is InChI=1S/C20H25NO6S/c1-4-25-16-8-10-19(11-9-16)28(23,24)21-20(22)14-27-18-7-5-6-17(12-18)26-13-15(2)3/h5-12,15H,4,13-14H2,1-3H3,(H,21,22). The zero-order valence-electron chi connectivity index (χ0n) is 16.2. The lowest BCUT2D eigenvalue weighted by molar-refractivity contribution is -0.121. The fourth-order valence-corrected chi connectivity index (χ4v) is 3.16. The Labute approximate surface area is 165 Å². The van der Waals surface area contributed by atoms with Gasteiger partial charge in [-0.05, 0) is 49.2 Å². The molecule has 0 saturated heterocycles. The summed E-state index contributed by atoms with van der Waals surface area (Å²) in [6, 6.07) is 12.6. The predicted molar refractivity (Wildman–Crippen MR) is 105 cm³/mol. The van der Waals surface area contributed by atoms with Crippen molar-refractivity contribution in [3.8, 4) is 17.2 Å². The van der Waals surface area contributed by atoms with Gasteiger partial charge in [0.2, 0.25) is 0 Å². The van der Waals surface area contributed by atoms with Crippen molar-refractivity contribution in [3.63, 3.8) is 0 Å². The SMILES string of the molecule is CCOc1ccc(S(=O)(=O)NC(=O)COc2cccc(OCC(C)C)c2)cc1. The number of carbonyl (C=O) groups excluding carboxylic acids is 1. The van der Waals surface area contributed by atoms with Crippen LogP contribution in [0, 0.1) is 5.92 Å². The number of nitrogens with one attached hydrogen (secondary N) is 1. The Bertz CT molecular complexity index is 878. The fourth-order valence-electron chi connectivity index (χ4n) is 2.19. The molecule has 0 spiro atoms. The van der Waals surface area contributed by atoms with Crippen molar-refractivity contribution in [2.75, 3.05) is 19.8 Å². The number of ether oxygens (including phenoxy) is 3. The predicted octanol–water partition coefficient (Wildman–Crippen LogP) is 3.00. The van der Waals surface area contributed by atoms with Crippen LogP contribution in [0.2, 0.25) is 0 Å². The van der Waals surface area contributed by atoms with Crippen LogP contribution in [0.25, 0.3) is 0 Å². The molecule has 2 aromatic rings. The first-order chi connectivity index (χ1) is 13.3. The number of benzene rings is 2. The lowest BCUT2D eigenvalue weighted by Crippen LogP contribution is -2.34. The van der Waals surface area contributed by atoms with Crippen molar-refractivity contribution < 1.29 is 27.4 Å². The van der Waals surface area contributed by atoms with Crippen LogP contribution in [-0.2, 0) is 14.8 Å². The molecule has 7 nitrogen and oxygen atoms in total. The quantitative estimate of drug-likeness (QED) is 0.651. The van der Waals surface area contributed by atoms with Crippen LogP contribution in [0.15, 0.2) is 53.4 Å². The van der Waals surface area contributed by atoms with Gasteiger partial charge in [-0.15, -0.1) is 0 Å². The lowest BCUT2D eigenvalue weighted by Gasteiger charge is -2.11. The second kappa shape index (κ2) is 9.98. The summed E-state index contributed by atoms with van der Waals surface area (Å²) < 4.78 is 42.8. The van der Waals surface area contributed by atoms with Crippen LogP contribution in [0.5, 0.6) is 17.2 Å². The summed E-state index contributed by atoms with van der Waals surface area (Å²) in [5, 5.41) is 0. The Kier molecular flexibility index (Phi) is 7.69. The van der Waals surface area contributed by atoms with Crippen molar-refractivity contribution >= 4 is 15.9 Å². The van der Waals surface area contributed by atoms with Gasteiger partial charge in [-0.25, -0.2) is 13.1 Å². The van der Waals surface area contributed by atoms with Crippen molar-refractivity contribution in [2.45, 2.75) is 25.7 Å². The highest BCUT2D eigenvalue weighted by molar-refractivity contribution is 7.90. The number of carbonyl (C=O) groups is 1. The van der Waals surface area contributed by atoms with Crippen LogP contribution < -0.4 is 18.9 Å². The van der Waals surface area contributed by atoms with Crippen LogP contribution >= 0.6 is 0 Å². The van der Waals surface area contributed by atoms with Crippen LogP contribution in [-0.4, -0.2) is 34.1 Å². The van der Waals surface area contributed by atoms with Crippen LogP contribution in [0.1, 0.15) is 20.8 Å². The third-order valence-electron chi connectivity index (χ3n) is 3.45. The zero-order valence-corrected chi connectivity index (χ0v) is 17.0. The molecule has 1 N–H and O–H groups in total. The molecule has 0 aliphatic carbocycles. The van der Waals surface area contributed by atoms with E-state index < -0.39 is 22.5 Å². The Morgan fingerprint density at radius 3 is 2.21 bits per heavy atom. The molecule has 0 heterocycles. The van der Waals surface area contributed by atoms with E-state index in [0.29, 0.717) is 36.4 Å². The van der Waals surface area contributed by atoms with Gasteiger partial charge in [0.05, 0.1) is 18.1 Å². The fraction of sp³-hybridized carbons (Fsp3) is 0.350. The summed E-state index contributed by atoms with van der Waals surface area (Å²) in [6.45, 7) is 6.50. The minimum absolute atomic E-state index is 0.0339. The highest BCUT2D eigenvalue weighted by Crippen LogP contribution is 2.20. The molecule has 0 radical (unpaired) electrons. The second-order valence-corrected chi connectivity index (χ2v) is 8.08. The van der Waals surface area contributed by atoms with Gasteiger partial charge in [-0.3, -0.25) is 4.79 Å². The Hall–Kier alpha value is -2.74. The van der Waals surface area contributed by atoms with Gasteiger partial charge in [0.15, 0.2) is 6.61 Å². The summed E-state index contributed by atoms with van der Waals surface area (Å²) >= 11 is 0. The second-order valence-electron chi connectivity index (χ2n) is 6.40. The summed E-state index contributed by atoms with van der Waals surface area (Å²) in [5.74, 6) is 1.18. The molecule has 0 bridgehead atoms. The molecule has 1 amide bonds. The zero-order chi connectivity index (χ0) is 20.6. The van der Waals surface area contributed by atoms with Gasteiger partial charge in [-0.2, -0.15) is 0 Å². The maximum atomic E-state index is 12.3. The van der Waals surface area contributed by atoms with Crippen LogP contribution in [0.4, 0.5) is 0 Å². The van der Waals surface area contributed by atoms with Crippen LogP contribution in [0.3, 0.4) is 0 Å². The minimum Gasteiger partial charge on any atom is -0.494 e. The van der Waals surface area contributed by atoms with Gasteiger partial charge in [0.1, 0.15) is 17.2 Å². The highest BCUT2D eigenvalue weighted by atomic mass is 32.2. The van der Waals surface area contributed by atoms with E-state index in [4.69, 9.17) is 14.2 Å². The number of rotatable bonds is 10. The largest absolute Gasteiger partial charge is 0.494 e. The number of amides is 1. The van der Waals surface area contributed by atoms with Gasteiger partial charge in [0.25, 0.3) is 15.9 Å². The molecule has 0 unspecified atom stereocenters. The molecular weight excluding hydrogens is 382 g/mol. The summed E-state index contributed by atoms with van der Waals surface area (Å²) in [4.78, 5) is 12.0. The third-order valence-corrected chi connectivity index (χ3v) is 4.84. The van der Waals surface area contributed by atoms with E-state index in [1.54, 1.807) is 24.3 Å². The summed E-state index contributed by atoms with van der Waals surface area (Å²) in [7, 11) is -3.98. The van der Waals surface area contributed by atoms with E-state index in [-0.39, 0.29) is 4.90 Å². The average Bonchev–Trinajstić information content (AvgIpc) is 2.65. The van der Waals surface area contributed by atoms with Gasteiger partial charge < -0.3 is 14.2 Å². The molecule has 152 valence electrons. The number of hydrogen-bond donors (Lipinski definition) is 1. The Balaban J connectivity index is 1.91. The van der Waals surface area contributed by atoms with E-state index in [2.05, 4.69) is 0 Å². The first-order valence-electron chi connectivity index (χ1n) is 8.94. The highest BCUT2D eigenvalue weighted by Gasteiger charge is 2.18. The maximum Gasteiger partial charge on any atom is 0.271 e. The molecule has 2 aromatic carbocycles. The Morgan fingerprint density at radius 2 is 1.61 bits per heavy atom. The van der Waals surface area contributed by atoms with Crippen molar-refractivity contribution in [2.24, 2.45) is 5.92 Å². The average molecular weight is 407 g/mol. The molecule has 8 heteroatoms. The minimum atomic E-state index is -3.98. The first-order valence-corrected chi connectivity index (χ1v) is 10.4. The van der Waals surface area contributed by atoms with Gasteiger partial charge >= 0.3 is 0 Å². The molecular formula is C20H25NO6S. The third kappa shape index (κ3) is 6.77. The molecule has 0 saturated carbocycles. The first kappa shape index (κ1) is 21.6. The van der Waals surface area contributed by atoms with E-state index in [9.17, 15) is 13.2 Å². The molecule has 0 fully saturated rings. The number of sulfonamides is 1. The molecule has 0 aromatic heterocycles. The molecule has 28 heavy (non-hydrogen) atoms. The molecule has 0 aliphatic rings. The van der Waals surface area contributed by atoms with Crippen molar-refractivity contribution in [3.05, 3.63) is 48.5 Å². The summed E-state index contributed by atoms with van der Waals surface area (Å²) in [5.41, 5.74) is 0. The van der Waals surface area contributed by atoms with Crippen molar-refractivity contribution in [1.82, 2.24) is 4.72 Å². The molecule has 2 rings (SSSR count). The van der Waals surface area contributed by atoms with E-state index in [0.717, 1.165) is 0 Å². The Morgan fingerprint density at radius 1 is 0.964 bits per heavy atom. The topological polar surface area (TPSA) is 90.9 Å². The normalized spacial score (nSPS) is 11.1. The summed E-state index contributed by atoms with van der Waals surface area (Å²) in [6.07, 6.45) is 0. The maximum absolute atomic E-state index is 12.3. The van der Waals surface area contributed by atoms with E-state index in [1.165, 1.54) is 24.3 Å². The van der Waals surface area contributed by atoms with E-state index >= 15 is 0 Å². The van der Waals surface area contributed by atoms with Crippen molar-refractivity contribution in [1.29, 1.82) is 0 Å².